The average molecular weight is 881 g/mol. The van der Waals surface area contributed by atoms with Crippen molar-refractivity contribution in [3.8, 4) is 28.3 Å². The lowest BCUT2D eigenvalue weighted by Gasteiger charge is -2.31. The Morgan fingerprint density at radius 1 is 1.06 bits per heavy atom. The summed E-state index contributed by atoms with van der Waals surface area (Å²) in [6.07, 6.45) is 10.7. The van der Waals surface area contributed by atoms with Gasteiger partial charge < -0.3 is 25.4 Å². The van der Waals surface area contributed by atoms with Crippen molar-refractivity contribution < 1.29 is 28.6 Å². The first kappa shape index (κ1) is 55.3. The Hall–Kier alpha value is -4.74. The van der Waals surface area contributed by atoms with Gasteiger partial charge in [-0.1, -0.05) is 118 Å². The Bertz CT molecular complexity index is 1970. The molecule has 5 rings (SSSR count). The van der Waals surface area contributed by atoms with Crippen molar-refractivity contribution in [3.05, 3.63) is 88.1 Å². The van der Waals surface area contributed by atoms with Crippen molar-refractivity contribution in [1.29, 1.82) is 0 Å². The number of benzene rings is 2. The molecule has 0 saturated heterocycles. The number of unbranched alkanes of at least 4 members (excludes halogenated alkanes) is 1. The van der Waals surface area contributed by atoms with Crippen LogP contribution in [0.2, 0.25) is 5.02 Å². The van der Waals surface area contributed by atoms with Crippen LogP contribution in [0.25, 0.3) is 22.4 Å². The fourth-order valence-electron chi connectivity index (χ4n) is 6.56. The van der Waals surface area contributed by atoms with Gasteiger partial charge >= 0.3 is 0 Å². The first-order valence-corrected chi connectivity index (χ1v) is 22.6. The molecular weight excluding hydrogens is 805 g/mol. The number of fused-ring (bicyclic) bond motifs is 1. The van der Waals surface area contributed by atoms with Crippen LogP contribution in [0.3, 0.4) is 0 Å². The van der Waals surface area contributed by atoms with Crippen LogP contribution in [0.1, 0.15) is 130 Å². The maximum Gasteiger partial charge on any atom is 0.266 e. The molecule has 12 heteroatoms. The first-order chi connectivity index (χ1) is 29.5. The number of aliphatic hydroxyl groups is 1. The van der Waals surface area contributed by atoms with Crippen LogP contribution < -0.4 is 15.4 Å². The molecule has 0 fully saturated rings. The number of ether oxygens (including phenoxy) is 1. The maximum atomic E-state index is 15.4. The van der Waals surface area contributed by atoms with E-state index in [-0.39, 0.29) is 28.0 Å². The fraction of sp³-hybridized carbons (Fsp3) is 0.520. The lowest BCUT2D eigenvalue weighted by molar-refractivity contribution is -0.128. The number of carbonyl (C=O) groups excluding carboxylic acids is 3. The minimum Gasteiger partial charge on any atom is -0.481 e. The molecule has 3 N–H and O–H groups in total. The molecule has 2 heterocycles. The van der Waals surface area contributed by atoms with Crippen LogP contribution in [0.4, 0.5) is 10.1 Å². The van der Waals surface area contributed by atoms with Crippen molar-refractivity contribution in [2.24, 2.45) is 11.8 Å². The molecular formula is C50H75ClFN5O5. The minimum absolute atomic E-state index is 0.0423. The van der Waals surface area contributed by atoms with Gasteiger partial charge in [0.1, 0.15) is 17.2 Å². The third kappa shape index (κ3) is 15.0. The van der Waals surface area contributed by atoms with Crippen molar-refractivity contribution in [2.75, 3.05) is 40.2 Å². The monoisotopic (exact) mass is 880 g/mol. The van der Waals surface area contributed by atoms with E-state index in [1.807, 2.05) is 40.7 Å². The molecule has 1 aromatic heterocycles. The van der Waals surface area contributed by atoms with E-state index < -0.39 is 17.6 Å². The summed E-state index contributed by atoms with van der Waals surface area (Å²) in [6, 6.07) is 10.1. The molecule has 0 radical (unpaired) electrons. The predicted molar refractivity (Wildman–Crippen MR) is 256 cm³/mol. The number of likely N-dealkylation sites (N-methyl/N-ethyl adjacent to an activating group) is 1. The number of halogens is 2. The number of carbonyl (C=O) groups is 3. The third-order valence-electron chi connectivity index (χ3n) is 11.0. The summed E-state index contributed by atoms with van der Waals surface area (Å²) in [7, 11) is 6.52. The van der Waals surface area contributed by atoms with Crippen molar-refractivity contribution >= 4 is 35.0 Å². The number of nitrogens with zero attached hydrogens (tertiary/aromatic N) is 3. The maximum absolute atomic E-state index is 15.4. The lowest BCUT2D eigenvalue weighted by atomic mass is 9.95. The molecule has 3 aromatic rings. The van der Waals surface area contributed by atoms with Crippen LogP contribution in [0, 0.1) is 24.6 Å². The van der Waals surface area contributed by atoms with Crippen LogP contribution in [0.15, 0.2) is 60.6 Å². The number of amides is 3. The Kier molecular flexibility index (Phi) is 25.0. The minimum atomic E-state index is -0.583. The second-order valence-electron chi connectivity index (χ2n) is 15.5. The third-order valence-corrected chi connectivity index (χ3v) is 11.4. The number of anilines is 1. The molecule has 0 bridgehead atoms. The van der Waals surface area contributed by atoms with Crippen molar-refractivity contribution in [1.82, 2.24) is 20.1 Å². The van der Waals surface area contributed by atoms with Crippen LogP contribution in [-0.4, -0.2) is 72.5 Å². The molecule has 3 atom stereocenters. The smallest absolute Gasteiger partial charge is 0.266 e. The number of nitrogens with one attached hydrogen (secondary N) is 2. The van der Waals surface area contributed by atoms with Crippen LogP contribution in [0.5, 0.6) is 5.88 Å². The summed E-state index contributed by atoms with van der Waals surface area (Å²) < 4.78 is 21.0. The molecule has 0 saturated carbocycles. The van der Waals surface area contributed by atoms with E-state index in [9.17, 15) is 14.4 Å². The fourth-order valence-corrected chi connectivity index (χ4v) is 6.91. The molecule has 344 valence electrons. The van der Waals surface area contributed by atoms with Crippen molar-refractivity contribution in [3.63, 3.8) is 0 Å². The van der Waals surface area contributed by atoms with E-state index in [1.165, 1.54) is 42.8 Å². The standard InChI is InChI=1S/C31H30ClFN4O3.C8H18.C6H13NO.C3H8O.C2H6/c1-16-10-11-19-14-25(35-30(40-6)26(16)19)21-12-13-23(33)27(28(21)32)20-8-7-9-24(17(20)2)34-29(38)22-15-36(4)18(3)37(5)31(22)39;1-4-6-7-8(3)5-2;1-4-5(2)6(8)7-3;1-2-3-4;1-2/h7-9,12-16H,3,10-11H2,1-2,4-6H3,(H,34,38);8H,4-7H2,1-3H3;5H,4H2,1-3H3,(H,7,8);4H,2-3H2,1H3;1-2H3. The summed E-state index contributed by atoms with van der Waals surface area (Å²) in [4.78, 5) is 44.1. The second-order valence-corrected chi connectivity index (χ2v) is 15.9. The Balaban J connectivity index is 0.000000722. The van der Waals surface area contributed by atoms with Gasteiger partial charge in [-0.05, 0) is 85.4 Å². The average Bonchev–Trinajstić information content (AvgIpc) is 3.67. The molecule has 62 heavy (non-hydrogen) atoms. The molecule has 3 amide bonds. The van der Waals surface area contributed by atoms with E-state index in [0.717, 1.165) is 42.7 Å². The number of aryl methyl sites for hydroxylation is 1. The molecule has 1 aliphatic heterocycles. The predicted octanol–water partition coefficient (Wildman–Crippen LogP) is 11.7. The topological polar surface area (TPSA) is 124 Å². The van der Waals surface area contributed by atoms with E-state index in [2.05, 4.69) is 44.9 Å². The van der Waals surface area contributed by atoms with Gasteiger partial charge in [0.15, 0.2) is 0 Å². The Morgan fingerprint density at radius 2 is 1.71 bits per heavy atom. The zero-order chi connectivity index (χ0) is 47.3. The van der Waals surface area contributed by atoms with Gasteiger partial charge in [0, 0.05) is 62.2 Å². The van der Waals surface area contributed by atoms with Crippen LogP contribution in [-0.2, 0) is 20.8 Å². The second kappa shape index (κ2) is 28.1. The normalized spacial score (nSPS) is 14.8. The molecule has 2 aliphatic rings. The number of rotatable bonds is 12. The van der Waals surface area contributed by atoms with E-state index in [1.54, 1.807) is 64.3 Å². The lowest BCUT2D eigenvalue weighted by Crippen LogP contribution is -2.41. The van der Waals surface area contributed by atoms with E-state index in [4.69, 9.17) is 26.4 Å². The highest BCUT2D eigenvalue weighted by Gasteiger charge is 2.30. The summed E-state index contributed by atoms with van der Waals surface area (Å²) in [5.74, 6) is 1.06. The number of methoxy groups -OCH3 is 1. The SMILES string of the molecule is C=C1N(C)C=C(C(=O)Nc2cccc(-c3c(F)ccc(-c4cc5c(c(OC)n4)C(C)CC5)c3Cl)c2C)C(=O)N1C.CC.CCC(C)C(=O)NC.CCCCC(C)CC.CCCO. The highest BCUT2D eigenvalue weighted by Crippen LogP contribution is 2.44. The molecule has 3 unspecified atom stereocenters. The molecule has 10 nitrogen and oxygen atoms in total. The Labute approximate surface area is 377 Å². The number of pyridine rings is 1. The number of aliphatic hydroxyl groups excluding tert-OH is 1. The molecule has 0 spiro atoms. The van der Waals surface area contributed by atoms with Gasteiger partial charge in [-0.2, -0.15) is 0 Å². The van der Waals surface area contributed by atoms with Gasteiger partial charge in [-0.3, -0.25) is 19.3 Å². The largest absolute Gasteiger partial charge is 0.481 e. The van der Waals surface area contributed by atoms with Crippen molar-refractivity contribution in [2.45, 2.75) is 127 Å². The number of hydrogen-bond donors (Lipinski definition) is 3. The highest BCUT2D eigenvalue weighted by molar-refractivity contribution is 6.36. The van der Waals surface area contributed by atoms with Gasteiger partial charge in [0.2, 0.25) is 11.8 Å². The first-order valence-electron chi connectivity index (χ1n) is 22.2. The Morgan fingerprint density at radius 3 is 2.24 bits per heavy atom. The highest BCUT2D eigenvalue weighted by atomic mass is 35.5. The van der Waals surface area contributed by atoms with E-state index >= 15 is 4.39 Å². The zero-order valence-electron chi connectivity index (χ0n) is 40.0. The number of aromatic nitrogens is 1. The summed E-state index contributed by atoms with van der Waals surface area (Å²) >= 11 is 6.89. The summed E-state index contributed by atoms with van der Waals surface area (Å²) in [5, 5.41) is 13.5. The quantitative estimate of drug-likeness (QED) is 0.155. The number of hydrogen-bond acceptors (Lipinski definition) is 7. The van der Waals surface area contributed by atoms with E-state index in [0.29, 0.717) is 52.3 Å². The summed E-state index contributed by atoms with van der Waals surface area (Å²) in [5.41, 5.74) is 5.14. The van der Waals surface area contributed by atoms with Gasteiger partial charge in [0.25, 0.3) is 11.8 Å². The zero-order valence-corrected chi connectivity index (χ0v) is 40.8. The summed E-state index contributed by atoms with van der Waals surface area (Å²) in [6.45, 7) is 24.8. The molecule has 2 aromatic carbocycles. The van der Waals surface area contributed by atoms with Gasteiger partial charge in [-0.25, -0.2) is 9.37 Å². The molecule has 1 aliphatic carbocycles. The van der Waals surface area contributed by atoms with Crippen LogP contribution >= 0.6 is 11.6 Å². The van der Waals surface area contributed by atoms with Gasteiger partial charge in [-0.15, -0.1) is 0 Å². The van der Waals surface area contributed by atoms with Gasteiger partial charge in [0.05, 0.1) is 17.8 Å².